The first-order valence-electron chi connectivity index (χ1n) is 7.93. The van der Waals surface area contributed by atoms with Crippen LogP contribution in [0.1, 0.15) is 61.4 Å². The van der Waals surface area contributed by atoms with Crippen molar-refractivity contribution < 1.29 is 0 Å². The quantitative estimate of drug-likeness (QED) is 0.796. The van der Waals surface area contributed by atoms with Gasteiger partial charge in [0.15, 0.2) is 0 Å². The number of nitrogens with zero attached hydrogens (tertiary/aromatic N) is 2. The van der Waals surface area contributed by atoms with E-state index < -0.39 is 0 Å². The first kappa shape index (κ1) is 16.1. The lowest BCUT2D eigenvalue weighted by atomic mass is 9.99. The van der Waals surface area contributed by atoms with Crippen molar-refractivity contribution in [1.82, 2.24) is 14.9 Å². The van der Waals surface area contributed by atoms with Crippen molar-refractivity contribution in [2.45, 2.75) is 52.5 Å². The van der Waals surface area contributed by atoms with Crippen LogP contribution in [-0.2, 0) is 12.8 Å². The maximum Gasteiger partial charge on any atom is 0.0807 e. The predicted molar refractivity (Wildman–Crippen MR) is 89.9 cm³/mol. The minimum Gasteiger partial charge on any atom is -0.306 e. The Labute approximate surface area is 132 Å². The van der Waals surface area contributed by atoms with Crippen molar-refractivity contribution in [3.8, 4) is 0 Å². The van der Waals surface area contributed by atoms with Gasteiger partial charge in [0.05, 0.1) is 16.6 Å². The molecule has 1 heterocycles. The van der Waals surface area contributed by atoms with Gasteiger partial charge in [0, 0.05) is 0 Å². The molecule has 0 bridgehead atoms. The molecule has 21 heavy (non-hydrogen) atoms. The SMILES string of the molecule is CCCc1cccc(C(NCC)c2snnc2CCC)c1. The van der Waals surface area contributed by atoms with Crippen LogP contribution in [0, 0.1) is 0 Å². The van der Waals surface area contributed by atoms with Crippen LogP contribution >= 0.6 is 11.5 Å². The highest BCUT2D eigenvalue weighted by molar-refractivity contribution is 7.05. The summed E-state index contributed by atoms with van der Waals surface area (Å²) in [6, 6.07) is 9.13. The van der Waals surface area contributed by atoms with Crippen LogP contribution in [0.2, 0.25) is 0 Å². The average Bonchev–Trinajstić information content (AvgIpc) is 2.94. The molecule has 1 aromatic carbocycles. The molecule has 0 spiro atoms. The summed E-state index contributed by atoms with van der Waals surface area (Å²) >= 11 is 1.53. The predicted octanol–water partition coefficient (Wildman–Crippen LogP) is 4.14. The van der Waals surface area contributed by atoms with Crippen molar-refractivity contribution >= 4 is 11.5 Å². The molecule has 1 atom stereocenters. The van der Waals surface area contributed by atoms with Gasteiger partial charge < -0.3 is 5.32 Å². The topological polar surface area (TPSA) is 37.8 Å². The molecule has 0 aliphatic carbocycles. The molecule has 0 saturated carbocycles. The number of nitrogens with one attached hydrogen (secondary N) is 1. The summed E-state index contributed by atoms with van der Waals surface area (Å²) in [4.78, 5) is 1.27. The normalized spacial score (nSPS) is 12.5. The number of rotatable bonds is 8. The van der Waals surface area contributed by atoms with Gasteiger partial charge in [-0.1, -0.05) is 62.4 Å². The fraction of sp³-hybridized carbons (Fsp3) is 0.529. The fourth-order valence-electron chi connectivity index (χ4n) is 2.63. The van der Waals surface area contributed by atoms with Gasteiger partial charge in [-0.05, 0) is 42.0 Å². The molecule has 1 N–H and O–H groups in total. The summed E-state index contributed by atoms with van der Waals surface area (Å²) in [5.41, 5.74) is 3.88. The van der Waals surface area contributed by atoms with E-state index in [1.165, 1.54) is 34.0 Å². The molecular weight excluding hydrogens is 278 g/mol. The van der Waals surface area contributed by atoms with E-state index in [0.29, 0.717) is 0 Å². The Morgan fingerprint density at radius 3 is 2.67 bits per heavy atom. The van der Waals surface area contributed by atoms with E-state index >= 15 is 0 Å². The van der Waals surface area contributed by atoms with Gasteiger partial charge >= 0.3 is 0 Å². The standard InChI is InChI=1S/C17H25N3S/c1-4-8-13-10-7-11-14(12-13)16(18-6-3)17-15(9-5-2)19-20-21-17/h7,10-12,16,18H,4-6,8-9H2,1-3H3. The maximum absolute atomic E-state index is 4.32. The van der Waals surface area contributed by atoms with E-state index in [4.69, 9.17) is 0 Å². The zero-order valence-corrected chi connectivity index (χ0v) is 14.0. The van der Waals surface area contributed by atoms with Gasteiger partial charge in [-0.25, -0.2) is 0 Å². The van der Waals surface area contributed by atoms with Crippen LogP contribution in [-0.4, -0.2) is 16.1 Å². The molecule has 0 saturated heterocycles. The van der Waals surface area contributed by atoms with Crippen molar-refractivity contribution in [2.75, 3.05) is 6.54 Å². The van der Waals surface area contributed by atoms with Gasteiger partial charge in [-0.2, -0.15) is 0 Å². The molecule has 0 aliphatic rings. The third kappa shape index (κ3) is 4.11. The Bertz CT molecular complexity index is 550. The van der Waals surface area contributed by atoms with E-state index in [0.717, 1.165) is 31.5 Å². The number of aromatic nitrogens is 2. The van der Waals surface area contributed by atoms with Crippen LogP contribution in [0.3, 0.4) is 0 Å². The zero-order chi connectivity index (χ0) is 15.1. The Morgan fingerprint density at radius 2 is 1.95 bits per heavy atom. The van der Waals surface area contributed by atoms with Gasteiger partial charge in [0.25, 0.3) is 0 Å². The molecular formula is C17H25N3S. The number of benzene rings is 1. The summed E-state index contributed by atoms with van der Waals surface area (Å²) in [5, 5.41) is 7.92. The summed E-state index contributed by atoms with van der Waals surface area (Å²) in [6.45, 7) is 7.50. The lowest BCUT2D eigenvalue weighted by Gasteiger charge is -2.18. The minimum absolute atomic E-state index is 0.216. The highest BCUT2D eigenvalue weighted by atomic mass is 32.1. The molecule has 2 aromatic rings. The lowest BCUT2D eigenvalue weighted by Crippen LogP contribution is -2.22. The first-order chi connectivity index (χ1) is 10.3. The molecule has 4 heteroatoms. The van der Waals surface area contributed by atoms with Crippen LogP contribution in [0.4, 0.5) is 0 Å². The minimum atomic E-state index is 0.216. The third-order valence-electron chi connectivity index (χ3n) is 3.57. The van der Waals surface area contributed by atoms with Crippen molar-refractivity contribution in [2.24, 2.45) is 0 Å². The molecule has 1 aromatic heterocycles. The molecule has 114 valence electrons. The van der Waals surface area contributed by atoms with E-state index in [1.807, 2.05) is 0 Å². The Balaban J connectivity index is 2.33. The van der Waals surface area contributed by atoms with Gasteiger partial charge in [0.2, 0.25) is 0 Å². The van der Waals surface area contributed by atoms with Gasteiger partial charge in [0.1, 0.15) is 0 Å². The van der Waals surface area contributed by atoms with Crippen molar-refractivity contribution in [3.63, 3.8) is 0 Å². The van der Waals surface area contributed by atoms with Crippen molar-refractivity contribution in [3.05, 3.63) is 46.0 Å². The van der Waals surface area contributed by atoms with Crippen LogP contribution in [0.5, 0.6) is 0 Å². The van der Waals surface area contributed by atoms with Crippen LogP contribution < -0.4 is 5.32 Å². The van der Waals surface area contributed by atoms with E-state index in [-0.39, 0.29) is 6.04 Å². The fourth-order valence-corrected chi connectivity index (χ4v) is 3.43. The second-order valence-electron chi connectivity index (χ2n) is 5.32. The highest BCUT2D eigenvalue weighted by Gasteiger charge is 2.20. The number of hydrogen-bond acceptors (Lipinski definition) is 4. The molecule has 1 unspecified atom stereocenters. The summed E-state index contributed by atoms with van der Waals surface area (Å²) in [6.07, 6.45) is 4.42. The summed E-state index contributed by atoms with van der Waals surface area (Å²) < 4.78 is 4.18. The monoisotopic (exact) mass is 303 g/mol. The molecule has 0 aliphatic heterocycles. The summed E-state index contributed by atoms with van der Waals surface area (Å²) in [7, 11) is 0. The zero-order valence-electron chi connectivity index (χ0n) is 13.2. The van der Waals surface area contributed by atoms with Crippen LogP contribution in [0.15, 0.2) is 24.3 Å². The van der Waals surface area contributed by atoms with Crippen LogP contribution in [0.25, 0.3) is 0 Å². The van der Waals surface area contributed by atoms with E-state index in [9.17, 15) is 0 Å². The van der Waals surface area contributed by atoms with E-state index in [1.54, 1.807) is 0 Å². The second kappa shape index (κ2) is 8.25. The average molecular weight is 303 g/mol. The lowest BCUT2D eigenvalue weighted by molar-refractivity contribution is 0.630. The maximum atomic E-state index is 4.32. The van der Waals surface area contributed by atoms with Gasteiger partial charge in [-0.3, -0.25) is 0 Å². The molecule has 3 nitrogen and oxygen atoms in total. The van der Waals surface area contributed by atoms with Gasteiger partial charge in [-0.15, -0.1) is 5.10 Å². The largest absolute Gasteiger partial charge is 0.306 e. The van der Waals surface area contributed by atoms with E-state index in [2.05, 4.69) is 59.9 Å². The Hall–Kier alpha value is -1.26. The Kier molecular flexibility index (Phi) is 6.33. The smallest absolute Gasteiger partial charge is 0.0807 e. The molecule has 0 amide bonds. The second-order valence-corrected chi connectivity index (χ2v) is 6.11. The first-order valence-corrected chi connectivity index (χ1v) is 8.70. The third-order valence-corrected chi connectivity index (χ3v) is 4.40. The number of aryl methyl sites for hydroxylation is 2. The number of hydrogen-bond donors (Lipinski definition) is 1. The summed E-state index contributed by atoms with van der Waals surface area (Å²) in [5.74, 6) is 0. The molecule has 2 rings (SSSR count). The highest BCUT2D eigenvalue weighted by Crippen LogP contribution is 2.28. The molecule has 0 radical (unpaired) electrons. The Morgan fingerprint density at radius 1 is 1.14 bits per heavy atom. The van der Waals surface area contributed by atoms with Crippen molar-refractivity contribution in [1.29, 1.82) is 0 Å². The molecule has 0 fully saturated rings.